The summed E-state index contributed by atoms with van der Waals surface area (Å²) in [5.41, 5.74) is 1.35. The van der Waals surface area contributed by atoms with E-state index in [1.807, 2.05) is 0 Å². The van der Waals surface area contributed by atoms with Gasteiger partial charge in [-0.05, 0) is 42.2 Å². The van der Waals surface area contributed by atoms with Crippen molar-refractivity contribution in [1.82, 2.24) is 5.32 Å². The summed E-state index contributed by atoms with van der Waals surface area (Å²) >= 11 is 1.72. The van der Waals surface area contributed by atoms with Gasteiger partial charge in [-0.3, -0.25) is 0 Å². The van der Waals surface area contributed by atoms with Crippen LogP contribution in [-0.4, -0.2) is 31.5 Å². The quantitative estimate of drug-likeness (QED) is 0.847. The summed E-state index contributed by atoms with van der Waals surface area (Å²) in [5, 5.41) is 17.4. The summed E-state index contributed by atoms with van der Waals surface area (Å²) in [6.07, 6.45) is 1.90. The van der Waals surface area contributed by atoms with Crippen LogP contribution in [0, 0.1) is 5.41 Å². The van der Waals surface area contributed by atoms with Gasteiger partial charge >= 0.3 is 0 Å². The summed E-state index contributed by atoms with van der Waals surface area (Å²) < 4.78 is 5.37. The van der Waals surface area contributed by atoms with Gasteiger partial charge in [-0.2, -0.15) is 11.3 Å². The minimum atomic E-state index is 0.0164. The summed E-state index contributed by atoms with van der Waals surface area (Å²) in [4.78, 5) is 0. The Morgan fingerprint density at radius 3 is 2.88 bits per heavy atom. The van der Waals surface area contributed by atoms with E-state index in [0.29, 0.717) is 6.04 Å². The molecule has 1 aromatic rings. The molecule has 0 bridgehead atoms. The van der Waals surface area contributed by atoms with Crippen molar-refractivity contribution in [2.24, 2.45) is 5.41 Å². The summed E-state index contributed by atoms with van der Waals surface area (Å²) in [5.74, 6) is 0. The molecule has 0 aliphatic carbocycles. The molecule has 4 heteroatoms. The van der Waals surface area contributed by atoms with Crippen LogP contribution in [0.1, 0.15) is 31.4 Å². The Hall–Kier alpha value is -0.420. The number of hydrogen-bond donors (Lipinski definition) is 2. The lowest BCUT2D eigenvalue weighted by molar-refractivity contribution is -0.0163. The highest BCUT2D eigenvalue weighted by molar-refractivity contribution is 7.07. The molecule has 0 radical (unpaired) electrons. The maximum absolute atomic E-state index is 9.59. The molecule has 1 fully saturated rings. The molecule has 1 aliphatic rings. The maximum Gasteiger partial charge on any atom is 0.0501 e. The molecule has 3 nitrogen and oxygen atoms in total. The fourth-order valence-electron chi connectivity index (χ4n) is 2.20. The lowest BCUT2D eigenvalue weighted by atomic mass is 9.81. The Balaban J connectivity index is 1.87. The van der Waals surface area contributed by atoms with Gasteiger partial charge in [-0.25, -0.2) is 0 Å². The topological polar surface area (TPSA) is 41.5 Å². The molecule has 1 atom stereocenters. The highest BCUT2D eigenvalue weighted by Gasteiger charge is 2.32. The van der Waals surface area contributed by atoms with E-state index in [-0.39, 0.29) is 12.0 Å². The molecule has 0 saturated carbocycles. The molecule has 2 heterocycles. The monoisotopic (exact) mass is 255 g/mol. The smallest absolute Gasteiger partial charge is 0.0501 e. The average Bonchev–Trinajstić information content (AvgIpc) is 2.91. The van der Waals surface area contributed by atoms with E-state index in [9.17, 15) is 5.11 Å². The second-order valence-corrected chi connectivity index (χ2v) is 5.71. The Labute approximate surface area is 107 Å². The van der Waals surface area contributed by atoms with E-state index >= 15 is 0 Å². The molecule has 17 heavy (non-hydrogen) atoms. The number of ether oxygens (including phenoxy) is 1. The predicted molar refractivity (Wildman–Crippen MR) is 70.3 cm³/mol. The first-order valence-corrected chi connectivity index (χ1v) is 7.14. The van der Waals surface area contributed by atoms with Crippen molar-refractivity contribution in [1.29, 1.82) is 0 Å². The van der Waals surface area contributed by atoms with Crippen LogP contribution in [0.4, 0.5) is 0 Å². The van der Waals surface area contributed by atoms with Gasteiger partial charge in [0.25, 0.3) is 0 Å². The number of rotatable bonds is 5. The van der Waals surface area contributed by atoms with Crippen LogP contribution in [0.2, 0.25) is 0 Å². The molecule has 2 N–H and O–H groups in total. The first-order chi connectivity index (χ1) is 8.26. The fourth-order valence-corrected chi connectivity index (χ4v) is 2.96. The molecular formula is C13H21NO2S. The lowest BCUT2D eigenvalue weighted by Crippen LogP contribution is -2.42. The second-order valence-electron chi connectivity index (χ2n) is 4.93. The highest BCUT2D eigenvalue weighted by atomic mass is 32.1. The van der Waals surface area contributed by atoms with Gasteiger partial charge in [0.15, 0.2) is 0 Å². The van der Waals surface area contributed by atoms with Gasteiger partial charge in [-0.1, -0.05) is 0 Å². The Bertz CT molecular complexity index is 320. The van der Waals surface area contributed by atoms with E-state index in [2.05, 4.69) is 29.1 Å². The van der Waals surface area contributed by atoms with Crippen molar-refractivity contribution in [3.63, 3.8) is 0 Å². The van der Waals surface area contributed by atoms with Crippen LogP contribution in [-0.2, 0) is 4.74 Å². The Morgan fingerprint density at radius 2 is 2.29 bits per heavy atom. The molecule has 0 amide bonds. The number of aliphatic hydroxyl groups excluding tert-OH is 1. The van der Waals surface area contributed by atoms with Gasteiger partial charge in [-0.15, -0.1) is 0 Å². The Morgan fingerprint density at radius 1 is 1.53 bits per heavy atom. The third-order valence-electron chi connectivity index (χ3n) is 3.72. The van der Waals surface area contributed by atoms with E-state index in [4.69, 9.17) is 4.74 Å². The summed E-state index contributed by atoms with van der Waals surface area (Å²) in [7, 11) is 0. The first kappa shape index (κ1) is 13.0. The second kappa shape index (κ2) is 5.96. The largest absolute Gasteiger partial charge is 0.396 e. The average molecular weight is 255 g/mol. The van der Waals surface area contributed by atoms with Gasteiger partial charge in [0.1, 0.15) is 0 Å². The van der Waals surface area contributed by atoms with Crippen LogP contribution in [0.15, 0.2) is 16.8 Å². The lowest BCUT2D eigenvalue weighted by Gasteiger charge is -2.36. The van der Waals surface area contributed by atoms with Crippen molar-refractivity contribution in [2.75, 3.05) is 26.4 Å². The van der Waals surface area contributed by atoms with Crippen molar-refractivity contribution in [3.05, 3.63) is 22.4 Å². The van der Waals surface area contributed by atoms with E-state index in [1.165, 1.54) is 5.56 Å². The minimum Gasteiger partial charge on any atom is -0.396 e. The van der Waals surface area contributed by atoms with Crippen molar-refractivity contribution < 1.29 is 9.84 Å². The number of thiophene rings is 1. The van der Waals surface area contributed by atoms with E-state index in [0.717, 1.165) is 32.6 Å². The van der Waals surface area contributed by atoms with Crippen LogP contribution in [0.5, 0.6) is 0 Å². The molecule has 1 aliphatic heterocycles. The fraction of sp³-hybridized carbons (Fsp3) is 0.692. The summed E-state index contributed by atoms with van der Waals surface area (Å²) in [6, 6.07) is 2.50. The number of hydrogen-bond acceptors (Lipinski definition) is 4. The molecule has 2 rings (SSSR count). The molecule has 1 unspecified atom stereocenters. The molecule has 1 saturated heterocycles. The van der Waals surface area contributed by atoms with Gasteiger partial charge in [0.2, 0.25) is 0 Å². The van der Waals surface area contributed by atoms with Crippen molar-refractivity contribution in [3.8, 4) is 0 Å². The van der Waals surface area contributed by atoms with E-state index in [1.54, 1.807) is 11.3 Å². The standard InChI is InChI=1S/C13H21NO2S/c1-11(12-2-7-17-8-12)14-9-13(10-15)3-5-16-6-4-13/h2,7-8,11,14-15H,3-6,9-10H2,1H3. The van der Waals surface area contributed by atoms with Gasteiger partial charge < -0.3 is 15.2 Å². The molecule has 96 valence electrons. The van der Waals surface area contributed by atoms with Crippen LogP contribution in [0.3, 0.4) is 0 Å². The highest BCUT2D eigenvalue weighted by Crippen LogP contribution is 2.30. The van der Waals surface area contributed by atoms with Crippen LogP contribution >= 0.6 is 11.3 Å². The van der Waals surface area contributed by atoms with Crippen LogP contribution in [0.25, 0.3) is 0 Å². The van der Waals surface area contributed by atoms with Gasteiger partial charge in [0, 0.05) is 31.2 Å². The normalized spacial score (nSPS) is 21.3. The summed E-state index contributed by atoms with van der Waals surface area (Å²) in [6.45, 7) is 4.83. The SMILES string of the molecule is CC(NCC1(CO)CCOCC1)c1ccsc1. The molecule has 1 aromatic heterocycles. The predicted octanol–water partition coefficient (Wildman–Crippen LogP) is 2.19. The zero-order valence-corrected chi connectivity index (χ0v) is 11.1. The zero-order chi connectivity index (χ0) is 12.1. The molecule has 0 spiro atoms. The first-order valence-electron chi connectivity index (χ1n) is 6.20. The molecular weight excluding hydrogens is 234 g/mol. The molecule has 0 aromatic carbocycles. The minimum absolute atomic E-state index is 0.0164. The van der Waals surface area contributed by atoms with E-state index < -0.39 is 0 Å². The van der Waals surface area contributed by atoms with Gasteiger partial charge in [0.05, 0.1) is 6.61 Å². The third kappa shape index (κ3) is 3.28. The van der Waals surface area contributed by atoms with Crippen LogP contribution < -0.4 is 5.32 Å². The van der Waals surface area contributed by atoms with Crippen molar-refractivity contribution in [2.45, 2.75) is 25.8 Å². The zero-order valence-electron chi connectivity index (χ0n) is 10.3. The number of nitrogens with one attached hydrogen (secondary N) is 1. The maximum atomic E-state index is 9.59. The Kier molecular flexibility index (Phi) is 4.56. The number of aliphatic hydroxyl groups is 1. The third-order valence-corrected chi connectivity index (χ3v) is 4.42. The van der Waals surface area contributed by atoms with Crippen molar-refractivity contribution >= 4 is 11.3 Å².